The van der Waals surface area contributed by atoms with Crippen molar-refractivity contribution in [3.05, 3.63) is 64.6 Å². The number of H-pyrrole nitrogens is 1. The third-order valence-corrected chi connectivity index (χ3v) is 6.36. The van der Waals surface area contributed by atoms with E-state index in [-0.39, 0.29) is 27.6 Å². The fourth-order valence-corrected chi connectivity index (χ4v) is 4.79. The molecule has 0 fully saturated rings. The van der Waals surface area contributed by atoms with Crippen LogP contribution in [0.25, 0.3) is 44.0 Å². The summed E-state index contributed by atoms with van der Waals surface area (Å²) in [6.45, 7) is 0.447. The van der Waals surface area contributed by atoms with Crippen LogP contribution in [0.5, 0.6) is 11.5 Å². The van der Waals surface area contributed by atoms with Gasteiger partial charge in [-0.15, -0.1) is 0 Å². The first-order valence-corrected chi connectivity index (χ1v) is 12.5. The molecule has 0 spiro atoms. The Labute approximate surface area is 217 Å². The van der Waals surface area contributed by atoms with E-state index in [1.165, 1.54) is 18.3 Å². The van der Waals surface area contributed by atoms with Gasteiger partial charge in [-0.3, -0.25) is 9.78 Å². The molecule has 0 aliphatic carbocycles. The van der Waals surface area contributed by atoms with Gasteiger partial charge in [-0.1, -0.05) is 9.95 Å². The number of nitrogens with zero attached hydrogens (tertiary/aromatic N) is 3. The van der Waals surface area contributed by atoms with Crippen LogP contribution in [0, 0.1) is 11.3 Å². The van der Waals surface area contributed by atoms with E-state index in [4.69, 9.17) is 4.74 Å². The van der Waals surface area contributed by atoms with E-state index in [0.717, 1.165) is 12.3 Å². The maximum absolute atomic E-state index is 13.7. The van der Waals surface area contributed by atoms with Crippen molar-refractivity contribution in [2.75, 3.05) is 6.61 Å². The van der Waals surface area contributed by atoms with Crippen LogP contribution < -0.4 is 14.3 Å². The number of rotatable bonds is 6. The third kappa shape index (κ3) is 4.96. The molecule has 3 aromatic heterocycles. The SMILES string of the molecule is CCn1c2cc(-c3cncc(OS(=O)(=O)F)c3)c(OCC(F)(F)F)cc2c(=O)c2c3ccc(C#N)cc3[nH]c21. The van der Waals surface area contributed by atoms with Crippen LogP contribution >= 0.6 is 0 Å². The molecule has 0 amide bonds. The molecule has 0 atom stereocenters. The zero-order chi connectivity index (χ0) is 28.1. The zero-order valence-corrected chi connectivity index (χ0v) is 20.7. The highest BCUT2D eigenvalue weighted by atomic mass is 32.3. The maximum atomic E-state index is 13.7. The molecule has 2 aromatic carbocycles. The number of aryl methyl sites for hydroxylation is 1. The second-order valence-corrected chi connectivity index (χ2v) is 9.40. The number of nitrogens with one attached hydrogen (secondary N) is 1. The highest BCUT2D eigenvalue weighted by Gasteiger charge is 2.29. The van der Waals surface area contributed by atoms with E-state index >= 15 is 0 Å². The van der Waals surface area contributed by atoms with Crippen molar-refractivity contribution in [1.82, 2.24) is 14.5 Å². The average Bonchev–Trinajstić information content (AvgIpc) is 3.24. The summed E-state index contributed by atoms with van der Waals surface area (Å²) in [5.41, 5.74) is 1.21. The molecular formula is C25H16F4N4O5S. The molecule has 0 aliphatic heterocycles. The number of hydrogen-bond acceptors (Lipinski definition) is 7. The molecule has 0 radical (unpaired) electrons. The van der Waals surface area contributed by atoms with E-state index in [0.29, 0.717) is 34.2 Å². The van der Waals surface area contributed by atoms with Crippen LogP contribution in [-0.4, -0.2) is 35.7 Å². The standard InChI is InChI=1S/C25H16F4N4O5S/c1-2-33-20-7-17(14-6-15(11-31-10-14)38-39(29,35)36)21(37-12-25(26,27)28)8-18(20)23(34)22-16-4-3-13(9-30)5-19(16)32-24(22)33/h3-8,10-11,32H,2,12H2,1H3. The Morgan fingerprint density at radius 2 is 1.90 bits per heavy atom. The minimum Gasteiger partial charge on any atom is -0.483 e. The van der Waals surface area contributed by atoms with Crippen LogP contribution in [0.1, 0.15) is 12.5 Å². The van der Waals surface area contributed by atoms with E-state index in [9.17, 15) is 35.5 Å². The van der Waals surface area contributed by atoms with Gasteiger partial charge in [0.05, 0.1) is 34.1 Å². The lowest BCUT2D eigenvalue weighted by molar-refractivity contribution is -0.153. The van der Waals surface area contributed by atoms with Gasteiger partial charge >= 0.3 is 16.7 Å². The Balaban J connectivity index is 1.83. The fraction of sp³-hybridized carbons (Fsp3) is 0.160. The maximum Gasteiger partial charge on any atom is 0.488 e. The summed E-state index contributed by atoms with van der Waals surface area (Å²) in [6.07, 6.45) is -2.61. The van der Waals surface area contributed by atoms with E-state index in [2.05, 4.69) is 14.2 Å². The first-order chi connectivity index (χ1) is 18.4. The molecule has 5 rings (SSSR count). The van der Waals surface area contributed by atoms with Gasteiger partial charge in [0.2, 0.25) is 0 Å². The molecule has 0 aliphatic rings. The summed E-state index contributed by atoms with van der Waals surface area (Å²) in [7, 11) is -5.40. The molecule has 39 heavy (non-hydrogen) atoms. The van der Waals surface area contributed by atoms with Gasteiger partial charge in [0.15, 0.2) is 17.8 Å². The fourth-order valence-electron chi connectivity index (χ4n) is 4.47. The smallest absolute Gasteiger partial charge is 0.483 e. The number of hydrogen-bond donors (Lipinski definition) is 1. The largest absolute Gasteiger partial charge is 0.488 e. The van der Waals surface area contributed by atoms with E-state index in [1.807, 2.05) is 6.07 Å². The molecule has 9 nitrogen and oxygen atoms in total. The van der Waals surface area contributed by atoms with Gasteiger partial charge in [0.1, 0.15) is 11.4 Å². The van der Waals surface area contributed by atoms with Crippen LogP contribution in [0.2, 0.25) is 0 Å². The van der Waals surface area contributed by atoms with Gasteiger partial charge in [0, 0.05) is 34.8 Å². The Hall–Kier alpha value is -4.64. The van der Waals surface area contributed by atoms with Crippen molar-refractivity contribution in [1.29, 1.82) is 5.26 Å². The first kappa shape index (κ1) is 26.0. The molecule has 1 N–H and O–H groups in total. The molecule has 0 bridgehead atoms. The molecule has 14 heteroatoms. The third-order valence-electron chi connectivity index (χ3n) is 5.97. The summed E-state index contributed by atoms with van der Waals surface area (Å²) >= 11 is 0. The van der Waals surface area contributed by atoms with Crippen molar-refractivity contribution in [2.45, 2.75) is 19.6 Å². The second kappa shape index (κ2) is 9.28. The van der Waals surface area contributed by atoms with Crippen molar-refractivity contribution in [3.8, 4) is 28.7 Å². The number of halogens is 4. The van der Waals surface area contributed by atoms with Crippen LogP contribution in [-0.2, 0) is 17.0 Å². The number of nitriles is 1. The Kier molecular flexibility index (Phi) is 6.18. The number of fused-ring (bicyclic) bond motifs is 4. The van der Waals surface area contributed by atoms with Gasteiger partial charge in [0.25, 0.3) is 0 Å². The number of aromatic amines is 1. The summed E-state index contributed by atoms with van der Waals surface area (Å²) in [4.78, 5) is 20.6. The van der Waals surface area contributed by atoms with Crippen LogP contribution in [0.15, 0.2) is 53.6 Å². The topological polar surface area (TPSA) is 127 Å². The highest BCUT2D eigenvalue weighted by Crippen LogP contribution is 2.37. The number of pyridine rings is 2. The molecule has 0 saturated heterocycles. The molecule has 5 aromatic rings. The number of benzene rings is 2. The monoisotopic (exact) mass is 560 g/mol. The van der Waals surface area contributed by atoms with Crippen molar-refractivity contribution in [3.63, 3.8) is 0 Å². The van der Waals surface area contributed by atoms with Crippen molar-refractivity contribution in [2.24, 2.45) is 0 Å². The summed E-state index contributed by atoms with van der Waals surface area (Å²) in [5, 5.41) is 10.1. The Morgan fingerprint density at radius 1 is 1.13 bits per heavy atom. The van der Waals surface area contributed by atoms with Crippen molar-refractivity contribution < 1.29 is 34.4 Å². The minimum absolute atomic E-state index is 0.0183. The lowest BCUT2D eigenvalue weighted by atomic mass is 10.0. The second-order valence-electron chi connectivity index (χ2n) is 8.45. The normalized spacial score (nSPS) is 12.2. The van der Waals surface area contributed by atoms with Gasteiger partial charge < -0.3 is 18.5 Å². The van der Waals surface area contributed by atoms with Crippen molar-refractivity contribution >= 4 is 43.3 Å². The first-order valence-electron chi connectivity index (χ1n) is 11.2. The van der Waals surface area contributed by atoms with Gasteiger partial charge in [-0.2, -0.15) is 26.9 Å². The van der Waals surface area contributed by atoms with Crippen LogP contribution in [0.4, 0.5) is 17.1 Å². The Bertz CT molecular complexity index is 1990. The average molecular weight is 560 g/mol. The zero-order valence-electron chi connectivity index (χ0n) is 19.8. The predicted molar refractivity (Wildman–Crippen MR) is 133 cm³/mol. The predicted octanol–water partition coefficient (Wildman–Crippen LogP) is 5.12. The quantitative estimate of drug-likeness (QED) is 0.226. The van der Waals surface area contributed by atoms with E-state index < -0.39 is 34.5 Å². The van der Waals surface area contributed by atoms with Crippen LogP contribution in [0.3, 0.4) is 0 Å². The van der Waals surface area contributed by atoms with Gasteiger partial charge in [-0.25, -0.2) is 0 Å². The number of alkyl halides is 3. The number of ether oxygens (including phenoxy) is 1. The minimum atomic E-state index is -5.40. The molecule has 200 valence electrons. The summed E-state index contributed by atoms with van der Waals surface area (Å²) < 4.78 is 85.2. The number of aromatic nitrogens is 3. The molecule has 3 heterocycles. The Morgan fingerprint density at radius 3 is 2.56 bits per heavy atom. The lowest BCUT2D eigenvalue weighted by Gasteiger charge is -2.17. The van der Waals surface area contributed by atoms with Gasteiger partial charge in [-0.05, 0) is 37.3 Å². The summed E-state index contributed by atoms with van der Waals surface area (Å²) in [6, 6.07) is 10.4. The molecule has 0 unspecified atom stereocenters. The lowest BCUT2D eigenvalue weighted by Crippen LogP contribution is -2.20. The molecular weight excluding hydrogens is 544 g/mol. The van der Waals surface area contributed by atoms with E-state index in [1.54, 1.807) is 29.7 Å². The molecule has 0 saturated carbocycles. The highest BCUT2D eigenvalue weighted by molar-refractivity contribution is 7.81. The summed E-state index contributed by atoms with van der Waals surface area (Å²) in [5.74, 6) is -0.864.